The number of thiazole rings is 1. The number of nitrogen functional groups attached to an aromatic ring is 1. The van der Waals surface area contributed by atoms with Gasteiger partial charge in [0.05, 0.1) is 0 Å². The molecule has 6 heteroatoms. The van der Waals surface area contributed by atoms with Gasteiger partial charge in [-0.3, -0.25) is 4.79 Å². The number of hydrogen-bond acceptors (Lipinski definition) is 5. The summed E-state index contributed by atoms with van der Waals surface area (Å²) < 4.78 is 0. The first-order chi connectivity index (χ1) is 9.61. The van der Waals surface area contributed by atoms with E-state index in [9.17, 15) is 4.79 Å². The maximum Gasteiger partial charge on any atom is 0.265 e. The molecule has 1 amide bonds. The molecule has 1 unspecified atom stereocenters. The first kappa shape index (κ1) is 13.7. The van der Waals surface area contributed by atoms with Crippen molar-refractivity contribution in [2.24, 2.45) is 5.92 Å². The van der Waals surface area contributed by atoms with Gasteiger partial charge in [0.15, 0.2) is 5.13 Å². The Bertz CT molecular complexity index is 493. The van der Waals surface area contributed by atoms with Crippen LogP contribution in [0.3, 0.4) is 0 Å². The van der Waals surface area contributed by atoms with Crippen molar-refractivity contribution in [3.63, 3.8) is 0 Å². The van der Waals surface area contributed by atoms with Crippen molar-refractivity contribution >= 4 is 28.2 Å². The van der Waals surface area contributed by atoms with Crippen LogP contribution in [-0.4, -0.2) is 23.0 Å². The molecule has 1 heterocycles. The molecule has 2 saturated carbocycles. The fourth-order valence-corrected chi connectivity index (χ4v) is 3.35. The monoisotopic (exact) mass is 294 g/mol. The van der Waals surface area contributed by atoms with Gasteiger partial charge in [-0.15, -0.1) is 0 Å². The van der Waals surface area contributed by atoms with E-state index < -0.39 is 0 Å². The molecule has 1 aromatic rings. The van der Waals surface area contributed by atoms with Gasteiger partial charge in [-0.1, -0.05) is 24.2 Å². The minimum Gasteiger partial charge on any atom is -0.382 e. The quantitative estimate of drug-likeness (QED) is 0.753. The summed E-state index contributed by atoms with van der Waals surface area (Å²) in [5, 5.41) is 7.13. The van der Waals surface area contributed by atoms with Crippen LogP contribution in [0.2, 0.25) is 0 Å². The number of nitrogens with zero attached hydrogens (tertiary/aromatic N) is 1. The number of nitrogens with one attached hydrogen (secondary N) is 2. The number of hydrogen-bond donors (Lipinski definition) is 3. The highest BCUT2D eigenvalue weighted by atomic mass is 32.1. The van der Waals surface area contributed by atoms with E-state index in [4.69, 9.17) is 5.73 Å². The predicted molar refractivity (Wildman–Crippen MR) is 82.1 cm³/mol. The molecule has 0 spiro atoms. The van der Waals surface area contributed by atoms with Crippen molar-refractivity contribution in [3.05, 3.63) is 4.88 Å². The van der Waals surface area contributed by atoms with Crippen LogP contribution in [0, 0.1) is 5.92 Å². The molecule has 0 radical (unpaired) electrons. The maximum absolute atomic E-state index is 12.2. The summed E-state index contributed by atoms with van der Waals surface area (Å²) in [4.78, 5) is 17.0. The normalized spacial score (nSPS) is 20.2. The largest absolute Gasteiger partial charge is 0.382 e. The maximum atomic E-state index is 12.2. The molecule has 1 aromatic heterocycles. The van der Waals surface area contributed by atoms with Crippen molar-refractivity contribution in [1.82, 2.24) is 10.3 Å². The van der Waals surface area contributed by atoms with E-state index in [0.717, 1.165) is 17.5 Å². The van der Waals surface area contributed by atoms with Crippen molar-refractivity contribution < 1.29 is 4.79 Å². The molecule has 2 aliphatic carbocycles. The Kier molecular flexibility index (Phi) is 3.83. The van der Waals surface area contributed by atoms with Gasteiger partial charge in [0, 0.05) is 12.1 Å². The predicted octanol–water partition coefficient (Wildman–Crippen LogP) is 2.61. The second kappa shape index (κ2) is 5.60. The van der Waals surface area contributed by atoms with Crippen molar-refractivity contribution in [1.29, 1.82) is 0 Å². The lowest BCUT2D eigenvalue weighted by Gasteiger charge is -2.25. The molecular formula is C14H22N4OS. The summed E-state index contributed by atoms with van der Waals surface area (Å²) in [5.74, 6) is 1.06. The van der Waals surface area contributed by atoms with Gasteiger partial charge in [-0.05, 0) is 38.5 Å². The zero-order chi connectivity index (χ0) is 14.1. The molecule has 110 valence electrons. The highest BCUT2D eigenvalue weighted by Crippen LogP contribution is 2.34. The van der Waals surface area contributed by atoms with Gasteiger partial charge in [0.25, 0.3) is 5.91 Å². The smallest absolute Gasteiger partial charge is 0.265 e. The van der Waals surface area contributed by atoms with Crippen LogP contribution < -0.4 is 16.4 Å². The molecule has 1 atom stereocenters. The third-order valence-corrected chi connectivity index (χ3v) is 5.05. The van der Waals surface area contributed by atoms with E-state index in [1.54, 1.807) is 0 Å². The van der Waals surface area contributed by atoms with Crippen molar-refractivity contribution in [3.8, 4) is 0 Å². The summed E-state index contributed by atoms with van der Waals surface area (Å²) in [6, 6.07) is 0.713. The number of amides is 1. The van der Waals surface area contributed by atoms with E-state index in [-0.39, 0.29) is 11.9 Å². The Hall–Kier alpha value is -1.30. The van der Waals surface area contributed by atoms with Gasteiger partial charge in [0.1, 0.15) is 10.7 Å². The summed E-state index contributed by atoms with van der Waals surface area (Å²) in [6.07, 6.45) is 7.30. The second-order valence-corrected chi connectivity index (χ2v) is 7.06. The number of anilines is 2. The van der Waals surface area contributed by atoms with E-state index in [1.807, 2.05) is 0 Å². The van der Waals surface area contributed by atoms with E-state index in [0.29, 0.717) is 16.7 Å². The molecule has 20 heavy (non-hydrogen) atoms. The molecule has 0 aromatic carbocycles. The van der Waals surface area contributed by atoms with Crippen LogP contribution in [-0.2, 0) is 0 Å². The second-order valence-electron chi connectivity index (χ2n) is 6.06. The summed E-state index contributed by atoms with van der Waals surface area (Å²) in [7, 11) is 0. The lowest BCUT2D eigenvalue weighted by Crippen LogP contribution is -2.32. The Morgan fingerprint density at radius 3 is 2.80 bits per heavy atom. The molecule has 0 bridgehead atoms. The lowest BCUT2D eigenvalue weighted by atomic mass is 9.93. The third-order valence-electron chi connectivity index (χ3n) is 4.05. The molecule has 5 nitrogen and oxygen atoms in total. The van der Waals surface area contributed by atoms with E-state index in [2.05, 4.69) is 22.5 Å². The van der Waals surface area contributed by atoms with Crippen LogP contribution in [0.5, 0.6) is 0 Å². The topological polar surface area (TPSA) is 80.0 Å². The molecule has 3 rings (SSSR count). The highest BCUT2D eigenvalue weighted by molar-refractivity contribution is 7.18. The van der Waals surface area contributed by atoms with Crippen molar-refractivity contribution in [2.75, 3.05) is 11.1 Å². The number of carbonyl (C=O) groups is 1. The standard InChI is InChI=1S/C14H22N4OS/c1-8(7-9-5-6-9)16-13(19)11-12(15)18-14(20-11)17-10-3-2-4-10/h8-10H,2-7,15H2,1H3,(H,16,19)(H,17,18). The first-order valence-electron chi connectivity index (χ1n) is 7.45. The summed E-state index contributed by atoms with van der Waals surface area (Å²) in [6.45, 7) is 2.06. The average Bonchev–Trinajstić information content (AvgIpc) is 3.05. The third kappa shape index (κ3) is 3.23. The Morgan fingerprint density at radius 2 is 2.20 bits per heavy atom. The molecule has 0 saturated heterocycles. The molecule has 2 aliphatic rings. The molecule has 2 fully saturated rings. The molecule has 0 aliphatic heterocycles. The van der Waals surface area contributed by atoms with Crippen LogP contribution in [0.1, 0.15) is 55.1 Å². The van der Waals surface area contributed by atoms with Gasteiger partial charge < -0.3 is 16.4 Å². The van der Waals surface area contributed by atoms with E-state index >= 15 is 0 Å². The lowest BCUT2D eigenvalue weighted by molar-refractivity contribution is 0.0942. The first-order valence-corrected chi connectivity index (χ1v) is 8.27. The molecular weight excluding hydrogens is 272 g/mol. The van der Waals surface area contributed by atoms with Crippen LogP contribution in [0.4, 0.5) is 10.9 Å². The highest BCUT2D eigenvalue weighted by Gasteiger charge is 2.26. The number of aromatic nitrogens is 1. The van der Waals surface area contributed by atoms with Crippen LogP contribution >= 0.6 is 11.3 Å². The zero-order valence-electron chi connectivity index (χ0n) is 11.8. The number of rotatable bonds is 6. The SMILES string of the molecule is CC(CC1CC1)NC(=O)c1sc(NC2CCC2)nc1N. The summed E-state index contributed by atoms with van der Waals surface area (Å²) in [5.41, 5.74) is 5.87. The Morgan fingerprint density at radius 1 is 1.45 bits per heavy atom. The fraction of sp³-hybridized carbons (Fsp3) is 0.714. The average molecular weight is 294 g/mol. The van der Waals surface area contributed by atoms with Crippen LogP contribution in [0.15, 0.2) is 0 Å². The van der Waals surface area contributed by atoms with Gasteiger partial charge in [-0.2, -0.15) is 0 Å². The van der Waals surface area contributed by atoms with Gasteiger partial charge in [-0.25, -0.2) is 4.98 Å². The minimum atomic E-state index is -0.0881. The zero-order valence-corrected chi connectivity index (χ0v) is 12.6. The minimum absolute atomic E-state index is 0.0881. The Labute approximate surface area is 123 Å². The fourth-order valence-electron chi connectivity index (χ4n) is 2.49. The van der Waals surface area contributed by atoms with Gasteiger partial charge in [0.2, 0.25) is 0 Å². The van der Waals surface area contributed by atoms with Crippen LogP contribution in [0.25, 0.3) is 0 Å². The van der Waals surface area contributed by atoms with E-state index in [1.165, 1.54) is 43.4 Å². The summed E-state index contributed by atoms with van der Waals surface area (Å²) >= 11 is 1.36. The van der Waals surface area contributed by atoms with Crippen molar-refractivity contribution in [2.45, 2.75) is 57.5 Å². The molecule has 4 N–H and O–H groups in total. The van der Waals surface area contributed by atoms with Gasteiger partial charge >= 0.3 is 0 Å². The Balaban J connectivity index is 1.57. The number of nitrogens with two attached hydrogens (primary N) is 1. The number of carbonyl (C=O) groups excluding carboxylic acids is 1.